The summed E-state index contributed by atoms with van der Waals surface area (Å²) in [5.41, 5.74) is 1.72. The third kappa shape index (κ3) is 5.36. The van der Waals surface area contributed by atoms with E-state index in [1.807, 2.05) is 6.07 Å². The van der Waals surface area contributed by atoms with Crippen LogP contribution in [0.25, 0.3) is 0 Å². The van der Waals surface area contributed by atoms with Gasteiger partial charge in [-0.1, -0.05) is 36.4 Å². The molecule has 0 atom stereocenters. The van der Waals surface area contributed by atoms with Crippen molar-refractivity contribution in [2.45, 2.75) is 6.61 Å². The summed E-state index contributed by atoms with van der Waals surface area (Å²) in [5.74, 6) is 0.0243. The summed E-state index contributed by atoms with van der Waals surface area (Å²) < 4.78 is 19.2. The van der Waals surface area contributed by atoms with Gasteiger partial charge in [-0.25, -0.2) is 4.39 Å². The second-order valence-electron chi connectivity index (χ2n) is 5.68. The molecule has 0 fully saturated rings. The van der Waals surface area contributed by atoms with Crippen LogP contribution in [0, 0.1) is 5.82 Å². The molecule has 0 aliphatic heterocycles. The van der Waals surface area contributed by atoms with E-state index in [-0.39, 0.29) is 23.4 Å². The highest BCUT2D eigenvalue weighted by atomic mass is 32.1. The molecule has 2 N–H and O–H groups in total. The minimum Gasteiger partial charge on any atom is -0.489 e. The lowest BCUT2D eigenvalue weighted by molar-refractivity contribution is 0.0977. The zero-order valence-corrected chi connectivity index (χ0v) is 15.1. The molecule has 0 spiro atoms. The van der Waals surface area contributed by atoms with Gasteiger partial charge >= 0.3 is 0 Å². The van der Waals surface area contributed by atoms with Crippen LogP contribution in [0.15, 0.2) is 78.9 Å². The Morgan fingerprint density at radius 2 is 1.59 bits per heavy atom. The number of benzene rings is 3. The fourth-order valence-electron chi connectivity index (χ4n) is 2.34. The molecular formula is C21H17FN2O2S. The molecule has 0 bridgehead atoms. The van der Waals surface area contributed by atoms with Gasteiger partial charge in [-0.2, -0.15) is 0 Å². The van der Waals surface area contributed by atoms with Gasteiger partial charge < -0.3 is 10.1 Å². The van der Waals surface area contributed by atoms with Crippen molar-refractivity contribution in [2.24, 2.45) is 0 Å². The Kier molecular flexibility index (Phi) is 6.12. The number of nitrogens with one attached hydrogen (secondary N) is 2. The second-order valence-corrected chi connectivity index (χ2v) is 6.09. The summed E-state index contributed by atoms with van der Waals surface area (Å²) in [6, 6.07) is 22.3. The van der Waals surface area contributed by atoms with Crippen LogP contribution in [0.5, 0.6) is 5.75 Å². The standard InChI is InChI=1S/C21H17FN2O2S/c22-19-9-5-4-8-16(19)14-26-18-12-10-17(11-13-18)23-21(27)24-20(25)15-6-2-1-3-7-15/h1-13H,14H2,(H2,23,24,25,27). The van der Waals surface area contributed by atoms with Crippen LogP contribution in [0.3, 0.4) is 0 Å². The molecule has 0 saturated carbocycles. The Morgan fingerprint density at radius 1 is 0.926 bits per heavy atom. The van der Waals surface area contributed by atoms with E-state index in [1.54, 1.807) is 66.7 Å². The summed E-state index contributed by atoms with van der Waals surface area (Å²) in [4.78, 5) is 12.1. The van der Waals surface area contributed by atoms with Crippen LogP contribution in [-0.4, -0.2) is 11.0 Å². The third-order valence-corrected chi connectivity index (χ3v) is 3.93. The first-order valence-corrected chi connectivity index (χ1v) is 8.66. The first-order chi connectivity index (χ1) is 13.1. The average molecular weight is 380 g/mol. The molecule has 0 heterocycles. The highest BCUT2D eigenvalue weighted by Gasteiger charge is 2.07. The fourth-order valence-corrected chi connectivity index (χ4v) is 2.55. The lowest BCUT2D eigenvalue weighted by Gasteiger charge is -2.11. The number of rotatable bonds is 5. The second kappa shape index (κ2) is 8.91. The van der Waals surface area contributed by atoms with Crippen molar-refractivity contribution in [3.63, 3.8) is 0 Å². The van der Waals surface area contributed by atoms with Crippen molar-refractivity contribution in [1.29, 1.82) is 0 Å². The molecule has 0 radical (unpaired) electrons. The van der Waals surface area contributed by atoms with E-state index in [9.17, 15) is 9.18 Å². The van der Waals surface area contributed by atoms with E-state index in [0.29, 0.717) is 22.6 Å². The normalized spacial score (nSPS) is 10.1. The Labute approximate surface area is 162 Å². The van der Waals surface area contributed by atoms with E-state index in [0.717, 1.165) is 0 Å². The van der Waals surface area contributed by atoms with Crippen LogP contribution in [0.4, 0.5) is 10.1 Å². The molecule has 4 nitrogen and oxygen atoms in total. The fraction of sp³-hybridized carbons (Fsp3) is 0.0476. The summed E-state index contributed by atoms with van der Waals surface area (Å²) in [5, 5.41) is 5.76. The molecule has 3 rings (SSSR count). The molecule has 0 aliphatic carbocycles. The van der Waals surface area contributed by atoms with Gasteiger partial charge in [-0.15, -0.1) is 0 Å². The number of thiocarbonyl (C=S) groups is 1. The third-order valence-electron chi connectivity index (χ3n) is 3.73. The lowest BCUT2D eigenvalue weighted by Crippen LogP contribution is -2.34. The molecule has 6 heteroatoms. The Morgan fingerprint density at radius 3 is 2.30 bits per heavy atom. The van der Waals surface area contributed by atoms with Gasteiger partial charge in [0.2, 0.25) is 0 Å². The molecular weight excluding hydrogens is 363 g/mol. The van der Waals surface area contributed by atoms with Crippen LogP contribution in [0.1, 0.15) is 15.9 Å². The number of hydrogen-bond donors (Lipinski definition) is 2. The summed E-state index contributed by atoms with van der Waals surface area (Å²) >= 11 is 5.16. The first-order valence-electron chi connectivity index (χ1n) is 8.25. The van der Waals surface area contributed by atoms with Crippen LogP contribution >= 0.6 is 12.2 Å². The van der Waals surface area contributed by atoms with Gasteiger partial charge in [0.15, 0.2) is 5.11 Å². The van der Waals surface area contributed by atoms with Gasteiger partial charge in [-0.3, -0.25) is 10.1 Å². The average Bonchev–Trinajstić information content (AvgIpc) is 2.69. The quantitative estimate of drug-likeness (QED) is 0.639. The van der Waals surface area contributed by atoms with Crippen molar-refractivity contribution in [3.05, 3.63) is 95.8 Å². The van der Waals surface area contributed by atoms with Crippen LogP contribution < -0.4 is 15.4 Å². The van der Waals surface area contributed by atoms with Gasteiger partial charge in [-0.05, 0) is 54.7 Å². The number of amides is 1. The smallest absolute Gasteiger partial charge is 0.257 e. The van der Waals surface area contributed by atoms with E-state index < -0.39 is 0 Å². The van der Waals surface area contributed by atoms with Crippen LogP contribution in [0.2, 0.25) is 0 Å². The first kappa shape index (κ1) is 18.5. The van der Waals surface area contributed by atoms with Gasteiger partial charge in [0.25, 0.3) is 5.91 Å². The molecule has 136 valence electrons. The lowest BCUT2D eigenvalue weighted by atomic mass is 10.2. The topological polar surface area (TPSA) is 50.4 Å². The number of anilines is 1. The van der Waals surface area contributed by atoms with Gasteiger partial charge in [0, 0.05) is 16.8 Å². The maximum absolute atomic E-state index is 13.6. The molecule has 3 aromatic rings. The predicted molar refractivity (Wildman–Crippen MR) is 107 cm³/mol. The van der Waals surface area contributed by atoms with E-state index in [2.05, 4.69) is 10.6 Å². The molecule has 0 aliphatic rings. The number of halogens is 1. The number of carbonyl (C=O) groups excluding carboxylic acids is 1. The zero-order valence-electron chi connectivity index (χ0n) is 14.3. The summed E-state index contributed by atoms with van der Waals surface area (Å²) in [6.07, 6.45) is 0. The van der Waals surface area contributed by atoms with Crippen molar-refractivity contribution < 1.29 is 13.9 Å². The summed E-state index contributed by atoms with van der Waals surface area (Å²) in [7, 11) is 0. The largest absolute Gasteiger partial charge is 0.489 e. The molecule has 0 saturated heterocycles. The Balaban J connectivity index is 1.52. The maximum Gasteiger partial charge on any atom is 0.257 e. The van der Waals surface area contributed by atoms with Crippen molar-refractivity contribution in [1.82, 2.24) is 5.32 Å². The van der Waals surface area contributed by atoms with Crippen LogP contribution in [-0.2, 0) is 6.61 Å². The van der Waals surface area contributed by atoms with Gasteiger partial charge in [0.1, 0.15) is 18.2 Å². The summed E-state index contributed by atoms with van der Waals surface area (Å²) in [6.45, 7) is 0.144. The van der Waals surface area contributed by atoms with Crippen molar-refractivity contribution in [3.8, 4) is 5.75 Å². The number of ether oxygens (including phenoxy) is 1. The molecule has 1 amide bonds. The molecule has 0 aromatic heterocycles. The zero-order chi connectivity index (χ0) is 19.1. The minimum absolute atomic E-state index is 0.144. The van der Waals surface area contributed by atoms with E-state index in [4.69, 9.17) is 17.0 Å². The number of hydrogen-bond acceptors (Lipinski definition) is 3. The SMILES string of the molecule is O=C(NC(=S)Nc1ccc(OCc2ccccc2F)cc1)c1ccccc1. The van der Waals surface area contributed by atoms with Crippen molar-refractivity contribution in [2.75, 3.05) is 5.32 Å². The van der Waals surface area contributed by atoms with E-state index >= 15 is 0 Å². The molecule has 27 heavy (non-hydrogen) atoms. The predicted octanol–water partition coefficient (Wildman–Crippen LogP) is 4.53. The highest BCUT2D eigenvalue weighted by Crippen LogP contribution is 2.18. The molecule has 0 unspecified atom stereocenters. The highest BCUT2D eigenvalue weighted by molar-refractivity contribution is 7.80. The maximum atomic E-state index is 13.6. The number of carbonyl (C=O) groups is 1. The molecule has 3 aromatic carbocycles. The minimum atomic E-state index is -0.296. The van der Waals surface area contributed by atoms with Crippen molar-refractivity contribution >= 4 is 28.9 Å². The monoisotopic (exact) mass is 380 g/mol. The Hall–Kier alpha value is -3.25. The Bertz CT molecular complexity index is 930. The van der Waals surface area contributed by atoms with E-state index in [1.165, 1.54) is 6.07 Å². The van der Waals surface area contributed by atoms with Gasteiger partial charge in [0.05, 0.1) is 0 Å².